The molecular weight excluding hydrogens is 392 g/mol. The SMILES string of the molecule is C[C@@H]1Oc2ccccc2N(CCC(=O)N(C)Cc2cnn(Cc3ccccc3)c2)C1=O. The number of rotatable bonds is 7. The summed E-state index contributed by atoms with van der Waals surface area (Å²) < 4.78 is 7.53. The number of ether oxygens (including phenoxy) is 1. The Morgan fingerprint density at radius 2 is 1.84 bits per heavy atom. The molecular formula is C24H26N4O3. The number of carbonyl (C=O) groups excluding carboxylic acids is 2. The van der Waals surface area contributed by atoms with Gasteiger partial charge in [-0.2, -0.15) is 5.10 Å². The van der Waals surface area contributed by atoms with Gasteiger partial charge in [0.05, 0.1) is 18.4 Å². The molecule has 7 nitrogen and oxygen atoms in total. The van der Waals surface area contributed by atoms with Crippen LogP contribution in [-0.4, -0.2) is 46.2 Å². The number of hydrogen-bond acceptors (Lipinski definition) is 4. The molecule has 1 atom stereocenters. The molecule has 0 unspecified atom stereocenters. The van der Waals surface area contributed by atoms with Crippen molar-refractivity contribution in [2.45, 2.75) is 32.5 Å². The minimum Gasteiger partial charge on any atom is -0.479 e. The monoisotopic (exact) mass is 418 g/mol. The standard InChI is InChI=1S/C24H26N4O3/c1-18-24(30)28(21-10-6-7-11-22(21)31-18)13-12-23(29)26(2)15-20-14-25-27(17-20)16-19-8-4-3-5-9-19/h3-11,14,17-18H,12-13,15-16H2,1-2H3/t18-/m0/s1. The Kier molecular flexibility index (Phi) is 6.02. The normalized spacial score (nSPS) is 15.4. The van der Waals surface area contributed by atoms with Gasteiger partial charge in [0.1, 0.15) is 5.75 Å². The Bertz CT molecular complexity index is 1060. The van der Waals surface area contributed by atoms with Crippen LogP contribution in [0.25, 0.3) is 0 Å². The number of amides is 2. The third-order valence-corrected chi connectivity index (χ3v) is 5.34. The van der Waals surface area contributed by atoms with Crippen LogP contribution >= 0.6 is 0 Å². The molecule has 160 valence electrons. The van der Waals surface area contributed by atoms with E-state index in [2.05, 4.69) is 17.2 Å². The molecule has 7 heteroatoms. The first-order valence-electron chi connectivity index (χ1n) is 10.4. The Labute approximate surface area is 181 Å². The predicted molar refractivity (Wildman–Crippen MR) is 118 cm³/mol. The van der Waals surface area contributed by atoms with Crippen LogP contribution in [0.15, 0.2) is 67.0 Å². The lowest BCUT2D eigenvalue weighted by atomic mass is 10.1. The number of aromatic nitrogens is 2. The first kappa shape index (κ1) is 20.7. The van der Waals surface area contributed by atoms with Crippen molar-refractivity contribution in [1.82, 2.24) is 14.7 Å². The zero-order valence-electron chi connectivity index (χ0n) is 17.8. The van der Waals surface area contributed by atoms with Crippen LogP contribution in [0.1, 0.15) is 24.5 Å². The summed E-state index contributed by atoms with van der Waals surface area (Å²) in [6, 6.07) is 17.5. The van der Waals surface area contributed by atoms with Gasteiger partial charge in [0.15, 0.2) is 6.10 Å². The van der Waals surface area contributed by atoms with Crippen LogP contribution in [0.3, 0.4) is 0 Å². The van der Waals surface area contributed by atoms with Crippen LogP contribution < -0.4 is 9.64 Å². The highest BCUT2D eigenvalue weighted by Gasteiger charge is 2.31. The maximum atomic E-state index is 12.7. The van der Waals surface area contributed by atoms with E-state index in [1.165, 1.54) is 5.56 Å². The van der Waals surface area contributed by atoms with E-state index in [-0.39, 0.29) is 18.2 Å². The number of hydrogen-bond donors (Lipinski definition) is 0. The minimum absolute atomic E-state index is 0.0276. The fourth-order valence-corrected chi connectivity index (χ4v) is 3.69. The molecule has 0 radical (unpaired) electrons. The molecule has 31 heavy (non-hydrogen) atoms. The highest BCUT2D eigenvalue weighted by molar-refractivity contribution is 6.00. The van der Waals surface area contributed by atoms with E-state index in [1.54, 1.807) is 30.0 Å². The molecule has 0 saturated carbocycles. The summed E-state index contributed by atoms with van der Waals surface area (Å²) in [7, 11) is 1.77. The molecule has 0 spiro atoms. The Balaban J connectivity index is 1.34. The van der Waals surface area contributed by atoms with Crippen molar-refractivity contribution >= 4 is 17.5 Å². The molecule has 0 bridgehead atoms. The van der Waals surface area contributed by atoms with Crippen molar-refractivity contribution in [2.24, 2.45) is 0 Å². The molecule has 3 aromatic rings. The molecule has 1 aliphatic heterocycles. The second-order valence-electron chi connectivity index (χ2n) is 7.75. The van der Waals surface area contributed by atoms with E-state index in [9.17, 15) is 9.59 Å². The summed E-state index contributed by atoms with van der Waals surface area (Å²) in [5, 5.41) is 4.40. The van der Waals surface area contributed by atoms with Crippen molar-refractivity contribution in [2.75, 3.05) is 18.5 Å². The quantitative estimate of drug-likeness (QED) is 0.591. The summed E-state index contributed by atoms with van der Waals surface area (Å²) in [6.45, 7) is 3.21. The molecule has 2 heterocycles. The third kappa shape index (κ3) is 4.77. The lowest BCUT2D eigenvalue weighted by Crippen LogP contribution is -2.45. The summed E-state index contributed by atoms with van der Waals surface area (Å²) in [4.78, 5) is 28.6. The van der Waals surface area contributed by atoms with Crippen molar-refractivity contribution < 1.29 is 14.3 Å². The fraction of sp³-hybridized carbons (Fsp3) is 0.292. The van der Waals surface area contributed by atoms with Crippen LogP contribution in [-0.2, 0) is 22.7 Å². The van der Waals surface area contributed by atoms with Gasteiger partial charge in [0.2, 0.25) is 5.91 Å². The van der Waals surface area contributed by atoms with Crippen LogP contribution in [0, 0.1) is 0 Å². The third-order valence-electron chi connectivity index (χ3n) is 5.34. The Morgan fingerprint density at radius 3 is 2.65 bits per heavy atom. The maximum absolute atomic E-state index is 12.7. The van der Waals surface area contributed by atoms with E-state index in [1.807, 2.05) is 53.3 Å². The van der Waals surface area contributed by atoms with Crippen molar-refractivity contribution in [1.29, 1.82) is 0 Å². The topological polar surface area (TPSA) is 67.7 Å². The van der Waals surface area contributed by atoms with Gasteiger partial charge in [-0.1, -0.05) is 42.5 Å². The number of nitrogens with zero attached hydrogens (tertiary/aromatic N) is 4. The van der Waals surface area contributed by atoms with Crippen LogP contribution in [0.2, 0.25) is 0 Å². The number of benzene rings is 2. The first-order valence-corrected chi connectivity index (χ1v) is 10.4. The molecule has 2 amide bonds. The molecule has 0 N–H and O–H groups in total. The van der Waals surface area contributed by atoms with E-state index >= 15 is 0 Å². The van der Waals surface area contributed by atoms with Gasteiger partial charge >= 0.3 is 0 Å². The average Bonchev–Trinajstić information content (AvgIpc) is 3.21. The zero-order chi connectivity index (χ0) is 21.8. The van der Waals surface area contributed by atoms with Gasteiger partial charge in [-0.25, -0.2) is 0 Å². The summed E-state index contributed by atoms with van der Waals surface area (Å²) >= 11 is 0. The second-order valence-corrected chi connectivity index (χ2v) is 7.75. The lowest BCUT2D eigenvalue weighted by molar-refractivity contribution is -0.130. The summed E-state index contributed by atoms with van der Waals surface area (Å²) in [6.07, 6.45) is 3.43. The summed E-state index contributed by atoms with van der Waals surface area (Å²) in [5.41, 5.74) is 2.85. The number of anilines is 1. The molecule has 0 fully saturated rings. The van der Waals surface area contributed by atoms with Crippen LogP contribution in [0.4, 0.5) is 5.69 Å². The predicted octanol–water partition coefficient (Wildman–Crippen LogP) is 3.09. The molecule has 0 aliphatic carbocycles. The fourth-order valence-electron chi connectivity index (χ4n) is 3.69. The van der Waals surface area contributed by atoms with Crippen molar-refractivity contribution in [3.63, 3.8) is 0 Å². The molecule has 1 aromatic heterocycles. The van der Waals surface area contributed by atoms with E-state index < -0.39 is 6.10 Å². The van der Waals surface area contributed by atoms with E-state index in [0.29, 0.717) is 31.1 Å². The van der Waals surface area contributed by atoms with Gasteiger partial charge in [-0.15, -0.1) is 0 Å². The highest BCUT2D eigenvalue weighted by atomic mass is 16.5. The smallest absolute Gasteiger partial charge is 0.267 e. The Morgan fingerprint density at radius 1 is 1.10 bits per heavy atom. The van der Waals surface area contributed by atoms with Gasteiger partial charge in [0.25, 0.3) is 5.91 Å². The maximum Gasteiger partial charge on any atom is 0.267 e. The molecule has 0 saturated heterocycles. The first-order chi connectivity index (χ1) is 15.0. The zero-order valence-corrected chi connectivity index (χ0v) is 17.8. The molecule has 1 aliphatic rings. The Hall–Kier alpha value is -3.61. The van der Waals surface area contributed by atoms with Gasteiger partial charge in [-0.3, -0.25) is 14.3 Å². The number of carbonyl (C=O) groups is 2. The average molecular weight is 418 g/mol. The van der Waals surface area contributed by atoms with Crippen molar-refractivity contribution in [3.8, 4) is 5.75 Å². The molecule has 4 rings (SSSR count). The number of para-hydroxylation sites is 2. The second kappa shape index (κ2) is 9.04. The van der Waals surface area contributed by atoms with Crippen LogP contribution in [0.5, 0.6) is 5.75 Å². The van der Waals surface area contributed by atoms with Gasteiger partial charge in [-0.05, 0) is 24.6 Å². The largest absolute Gasteiger partial charge is 0.479 e. The lowest BCUT2D eigenvalue weighted by Gasteiger charge is -2.33. The molecule has 2 aromatic carbocycles. The number of fused-ring (bicyclic) bond motifs is 1. The van der Waals surface area contributed by atoms with E-state index in [0.717, 1.165) is 5.56 Å². The van der Waals surface area contributed by atoms with E-state index in [4.69, 9.17) is 4.74 Å². The van der Waals surface area contributed by atoms with Gasteiger partial charge < -0.3 is 14.5 Å². The highest BCUT2D eigenvalue weighted by Crippen LogP contribution is 2.33. The minimum atomic E-state index is -0.557. The summed E-state index contributed by atoms with van der Waals surface area (Å²) in [5.74, 6) is 0.512. The van der Waals surface area contributed by atoms with Crippen molar-refractivity contribution in [3.05, 3.63) is 78.1 Å². The van der Waals surface area contributed by atoms with Gasteiger partial charge in [0, 0.05) is 38.3 Å².